The number of methoxy groups -OCH3 is 1. The highest BCUT2D eigenvalue weighted by Gasteiger charge is 2.20. The molecule has 1 aliphatic rings. The van der Waals surface area contributed by atoms with Crippen molar-refractivity contribution in [1.29, 1.82) is 0 Å². The Bertz CT molecular complexity index is 1110. The van der Waals surface area contributed by atoms with Gasteiger partial charge in [0.2, 0.25) is 11.9 Å². The van der Waals surface area contributed by atoms with Crippen molar-refractivity contribution in [3.05, 3.63) is 42.5 Å². The van der Waals surface area contributed by atoms with Crippen LogP contribution < -0.4 is 20.4 Å². The molecule has 1 amide bonds. The molecule has 1 fully saturated rings. The molecule has 3 aromatic rings. The molecule has 1 saturated heterocycles. The van der Waals surface area contributed by atoms with Crippen LogP contribution in [0.25, 0.3) is 22.0 Å². The van der Waals surface area contributed by atoms with Crippen LogP contribution in [0, 0.1) is 5.92 Å². The molecular weight excluding hydrogens is 430 g/mol. The molecule has 8 nitrogen and oxygen atoms in total. The molecule has 0 spiro atoms. The lowest BCUT2D eigenvalue weighted by atomic mass is 9.99. The first-order valence-corrected chi connectivity index (χ1v) is 12.0. The number of fused-ring (bicyclic) bond motifs is 1. The molecule has 180 valence electrons. The van der Waals surface area contributed by atoms with Crippen molar-refractivity contribution in [1.82, 2.24) is 15.4 Å². The quantitative estimate of drug-likeness (QED) is 0.242. The van der Waals surface area contributed by atoms with Gasteiger partial charge in [-0.3, -0.25) is 10.0 Å². The normalized spacial score (nSPS) is 14.3. The average molecular weight is 464 g/mol. The van der Waals surface area contributed by atoms with E-state index in [1.54, 1.807) is 12.6 Å². The van der Waals surface area contributed by atoms with Crippen molar-refractivity contribution in [3.63, 3.8) is 0 Å². The van der Waals surface area contributed by atoms with Gasteiger partial charge in [0.05, 0.1) is 12.6 Å². The molecule has 0 saturated carbocycles. The van der Waals surface area contributed by atoms with Gasteiger partial charge in [0.25, 0.3) is 0 Å². The van der Waals surface area contributed by atoms with Gasteiger partial charge in [-0.25, -0.2) is 10.5 Å². The fourth-order valence-corrected chi connectivity index (χ4v) is 4.24. The number of amides is 1. The third-order valence-corrected chi connectivity index (χ3v) is 6.42. The van der Waals surface area contributed by atoms with Crippen LogP contribution in [0.2, 0.25) is 0 Å². The van der Waals surface area contributed by atoms with Crippen LogP contribution in [0.1, 0.15) is 39.0 Å². The van der Waals surface area contributed by atoms with Gasteiger partial charge >= 0.3 is 0 Å². The lowest BCUT2D eigenvalue weighted by Gasteiger charge is -2.30. The van der Waals surface area contributed by atoms with Crippen molar-refractivity contribution < 1.29 is 14.7 Å². The Morgan fingerprint density at radius 2 is 1.82 bits per heavy atom. The molecule has 4 rings (SSSR count). The SMILES string of the molecule is COc1ccc(-c2ccc3c(NCCCCC(=O)NO)nc(N4CCC(C)CC4)nc3c2)cc1. The van der Waals surface area contributed by atoms with E-state index in [9.17, 15) is 4.79 Å². The third-order valence-electron chi connectivity index (χ3n) is 6.42. The molecule has 1 aromatic heterocycles. The number of nitrogens with one attached hydrogen (secondary N) is 2. The Morgan fingerprint density at radius 1 is 1.09 bits per heavy atom. The predicted molar refractivity (Wildman–Crippen MR) is 134 cm³/mol. The number of nitrogens with zero attached hydrogens (tertiary/aromatic N) is 3. The standard InChI is InChI=1S/C26H33N5O3/c1-18-12-15-31(16-13-18)26-28-23-17-20(19-6-9-21(34-2)10-7-19)8-11-22(23)25(29-26)27-14-4-3-5-24(32)30-33/h6-11,17-18,33H,3-5,12-16H2,1-2H3,(H,30,32)(H,27,28,29). The second-order valence-electron chi connectivity index (χ2n) is 8.92. The lowest BCUT2D eigenvalue weighted by Crippen LogP contribution is -2.34. The number of piperidine rings is 1. The second-order valence-corrected chi connectivity index (χ2v) is 8.92. The summed E-state index contributed by atoms with van der Waals surface area (Å²) in [6.45, 7) is 4.90. The van der Waals surface area contributed by atoms with Gasteiger partial charge < -0.3 is 15.0 Å². The number of carbonyl (C=O) groups excluding carboxylic acids is 1. The first-order chi connectivity index (χ1) is 16.6. The topological polar surface area (TPSA) is 99.6 Å². The zero-order valence-electron chi connectivity index (χ0n) is 19.9. The van der Waals surface area contributed by atoms with E-state index in [-0.39, 0.29) is 5.91 Å². The van der Waals surface area contributed by atoms with E-state index in [0.29, 0.717) is 19.4 Å². The summed E-state index contributed by atoms with van der Waals surface area (Å²) in [6, 6.07) is 14.3. The molecule has 0 aliphatic carbocycles. The predicted octanol–water partition coefficient (Wildman–Crippen LogP) is 4.63. The smallest absolute Gasteiger partial charge is 0.243 e. The molecule has 2 heterocycles. The molecule has 8 heteroatoms. The monoisotopic (exact) mass is 463 g/mol. The van der Waals surface area contributed by atoms with E-state index in [1.807, 2.05) is 12.1 Å². The van der Waals surface area contributed by atoms with E-state index in [0.717, 1.165) is 77.8 Å². The van der Waals surface area contributed by atoms with Crippen LogP contribution in [0.15, 0.2) is 42.5 Å². The van der Waals surface area contributed by atoms with E-state index >= 15 is 0 Å². The number of benzene rings is 2. The third kappa shape index (κ3) is 5.75. The summed E-state index contributed by atoms with van der Waals surface area (Å²) in [7, 11) is 1.67. The molecule has 0 bridgehead atoms. The molecule has 0 unspecified atom stereocenters. The van der Waals surface area contributed by atoms with Crippen LogP contribution >= 0.6 is 0 Å². The highest BCUT2D eigenvalue weighted by Crippen LogP contribution is 2.30. The molecule has 0 atom stereocenters. The van der Waals surface area contributed by atoms with Crippen LogP contribution in [-0.4, -0.2) is 47.8 Å². The average Bonchev–Trinajstić information content (AvgIpc) is 2.88. The number of unbranched alkanes of at least 4 members (excludes halogenated alkanes) is 1. The van der Waals surface area contributed by atoms with Gasteiger partial charge in [-0.05, 0) is 67.0 Å². The zero-order chi connectivity index (χ0) is 23.9. The van der Waals surface area contributed by atoms with Crippen molar-refractivity contribution in [2.75, 3.05) is 37.0 Å². The van der Waals surface area contributed by atoms with E-state index < -0.39 is 0 Å². The number of ether oxygens (including phenoxy) is 1. The van der Waals surface area contributed by atoms with Crippen LogP contribution in [0.4, 0.5) is 11.8 Å². The molecule has 2 aromatic carbocycles. The van der Waals surface area contributed by atoms with Gasteiger partial charge in [0.15, 0.2) is 0 Å². The van der Waals surface area contributed by atoms with Gasteiger partial charge in [-0.15, -0.1) is 0 Å². The van der Waals surface area contributed by atoms with Crippen molar-refractivity contribution >= 4 is 28.6 Å². The number of hydroxylamine groups is 1. The first-order valence-electron chi connectivity index (χ1n) is 12.0. The number of carbonyl (C=O) groups is 1. The van der Waals surface area contributed by atoms with Gasteiger partial charge in [-0.1, -0.05) is 25.1 Å². The summed E-state index contributed by atoms with van der Waals surface area (Å²) < 4.78 is 5.29. The Balaban J connectivity index is 1.60. The lowest BCUT2D eigenvalue weighted by molar-refractivity contribution is -0.129. The minimum atomic E-state index is -0.361. The first kappa shape index (κ1) is 23.8. The molecule has 1 aliphatic heterocycles. The van der Waals surface area contributed by atoms with Crippen molar-refractivity contribution in [3.8, 4) is 16.9 Å². The summed E-state index contributed by atoms with van der Waals surface area (Å²) in [6.07, 6.45) is 4.05. The fraction of sp³-hybridized carbons (Fsp3) is 0.423. The summed E-state index contributed by atoms with van der Waals surface area (Å²) in [4.78, 5) is 23.4. The molecule has 3 N–H and O–H groups in total. The summed E-state index contributed by atoms with van der Waals surface area (Å²) >= 11 is 0. The van der Waals surface area contributed by atoms with E-state index in [2.05, 4.69) is 47.5 Å². The van der Waals surface area contributed by atoms with Gasteiger partial charge in [0.1, 0.15) is 11.6 Å². The highest BCUT2D eigenvalue weighted by atomic mass is 16.5. The van der Waals surface area contributed by atoms with Crippen LogP contribution in [0.3, 0.4) is 0 Å². The number of anilines is 2. The highest BCUT2D eigenvalue weighted by molar-refractivity contribution is 5.93. The number of hydrogen-bond acceptors (Lipinski definition) is 7. The number of hydrogen-bond donors (Lipinski definition) is 3. The molecular formula is C26H33N5O3. The second kappa shape index (κ2) is 11.2. The van der Waals surface area contributed by atoms with E-state index in [4.69, 9.17) is 19.9 Å². The Kier molecular flexibility index (Phi) is 7.80. The van der Waals surface area contributed by atoms with Gasteiger partial charge in [-0.2, -0.15) is 4.98 Å². The maximum Gasteiger partial charge on any atom is 0.243 e. The summed E-state index contributed by atoms with van der Waals surface area (Å²) in [5.74, 6) is 2.77. The fourth-order valence-electron chi connectivity index (χ4n) is 4.24. The minimum absolute atomic E-state index is 0.297. The number of rotatable bonds is 9. The number of aromatic nitrogens is 2. The van der Waals surface area contributed by atoms with E-state index in [1.165, 1.54) is 0 Å². The summed E-state index contributed by atoms with van der Waals surface area (Å²) in [5.41, 5.74) is 4.77. The molecule has 0 radical (unpaired) electrons. The van der Waals surface area contributed by atoms with Crippen molar-refractivity contribution in [2.45, 2.75) is 39.0 Å². The van der Waals surface area contributed by atoms with Crippen LogP contribution in [0.5, 0.6) is 5.75 Å². The largest absolute Gasteiger partial charge is 0.497 e. The van der Waals surface area contributed by atoms with Gasteiger partial charge in [0, 0.05) is 31.4 Å². The maximum atomic E-state index is 11.2. The van der Waals surface area contributed by atoms with Crippen LogP contribution in [-0.2, 0) is 4.79 Å². The Morgan fingerprint density at radius 3 is 2.53 bits per heavy atom. The molecule has 34 heavy (non-hydrogen) atoms. The Labute approximate surface area is 200 Å². The Hall–Kier alpha value is -3.39. The zero-order valence-corrected chi connectivity index (χ0v) is 19.9. The minimum Gasteiger partial charge on any atom is -0.497 e. The maximum absolute atomic E-state index is 11.2. The van der Waals surface area contributed by atoms with Crippen molar-refractivity contribution in [2.24, 2.45) is 5.92 Å². The summed E-state index contributed by atoms with van der Waals surface area (Å²) in [5, 5.41) is 13.1.